The van der Waals surface area contributed by atoms with Crippen LogP contribution in [0.1, 0.15) is 52.9 Å². The third-order valence-corrected chi connectivity index (χ3v) is 6.23. The molecule has 2 aliphatic rings. The Labute approximate surface area is 157 Å². The minimum atomic E-state index is -0.0533. The Balaban J connectivity index is 1.56. The van der Waals surface area contributed by atoms with Crippen molar-refractivity contribution in [3.05, 3.63) is 63.1 Å². The van der Waals surface area contributed by atoms with E-state index in [1.807, 2.05) is 24.3 Å². The van der Waals surface area contributed by atoms with Crippen molar-refractivity contribution in [1.29, 1.82) is 0 Å². The van der Waals surface area contributed by atoms with Gasteiger partial charge >= 0.3 is 0 Å². The summed E-state index contributed by atoms with van der Waals surface area (Å²) in [6.45, 7) is 4.49. The molecular formula is C21H23BrN2O. The summed E-state index contributed by atoms with van der Waals surface area (Å²) in [4.78, 5) is 15.2. The van der Waals surface area contributed by atoms with Crippen LogP contribution in [-0.4, -0.2) is 23.9 Å². The van der Waals surface area contributed by atoms with E-state index in [1.165, 1.54) is 42.6 Å². The lowest BCUT2D eigenvalue weighted by atomic mass is 9.92. The average Bonchev–Trinajstić information content (AvgIpc) is 3.11. The highest BCUT2D eigenvalue weighted by molar-refractivity contribution is 9.10. The molecular weight excluding hydrogens is 376 g/mol. The van der Waals surface area contributed by atoms with Crippen molar-refractivity contribution >= 4 is 27.5 Å². The van der Waals surface area contributed by atoms with Gasteiger partial charge in [-0.1, -0.05) is 35.0 Å². The first-order valence-corrected chi connectivity index (χ1v) is 9.91. The number of amides is 1. The van der Waals surface area contributed by atoms with E-state index in [2.05, 4.69) is 45.2 Å². The van der Waals surface area contributed by atoms with Crippen LogP contribution in [0, 0.1) is 0 Å². The molecule has 2 aliphatic heterocycles. The van der Waals surface area contributed by atoms with Gasteiger partial charge < -0.3 is 5.32 Å². The fourth-order valence-electron chi connectivity index (χ4n) is 4.10. The number of nitrogens with zero attached hydrogens (tertiary/aromatic N) is 1. The molecule has 2 heterocycles. The summed E-state index contributed by atoms with van der Waals surface area (Å²) in [7, 11) is 0. The normalized spacial score (nSPS) is 19.4. The van der Waals surface area contributed by atoms with Gasteiger partial charge in [-0.3, -0.25) is 9.69 Å². The van der Waals surface area contributed by atoms with Crippen molar-refractivity contribution in [2.45, 2.75) is 38.6 Å². The Bertz CT molecular complexity index is 818. The van der Waals surface area contributed by atoms with Crippen LogP contribution in [0.3, 0.4) is 0 Å². The van der Waals surface area contributed by atoms with Crippen molar-refractivity contribution in [1.82, 2.24) is 4.90 Å². The predicted molar refractivity (Wildman–Crippen MR) is 105 cm³/mol. The van der Waals surface area contributed by atoms with Gasteiger partial charge in [-0.05, 0) is 73.2 Å². The second-order valence-electron chi connectivity index (χ2n) is 6.97. The van der Waals surface area contributed by atoms with E-state index in [-0.39, 0.29) is 5.91 Å². The summed E-state index contributed by atoms with van der Waals surface area (Å²) in [5.74, 6) is -0.0533. The molecule has 25 heavy (non-hydrogen) atoms. The third-order valence-electron chi connectivity index (χ3n) is 5.49. The van der Waals surface area contributed by atoms with E-state index >= 15 is 0 Å². The smallest absolute Gasteiger partial charge is 0.255 e. The number of nitrogens with one attached hydrogen (secondary N) is 1. The largest absolute Gasteiger partial charge is 0.322 e. The molecule has 1 amide bonds. The SMILES string of the molecule is CCc1ccc(C(=O)Nc2ccc3c(c2)C2CCCN2CC3)cc1Br. The average molecular weight is 399 g/mol. The van der Waals surface area contributed by atoms with Crippen LogP contribution < -0.4 is 5.32 Å². The van der Waals surface area contributed by atoms with Crippen LogP contribution in [0.15, 0.2) is 40.9 Å². The quantitative estimate of drug-likeness (QED) is 0.792. The Kier molecular flexibility index (Phi) is 4.65. The fourth-order valence-corrected chi connectivity index (χ4v) is 4.76. The highest BCUT2D eigenvalue weighted by Crippen LogP contribution is 2.38. The molecule has 1 saturated heterocycles. The van der Waals surface area contributed by atoms with E-state index in [1.54, 1.807) is 0 Å². The number of halogens is 1. The van der Waals surface area contributed by atoms with Crippen LogP contribution in [0.4, 0.5) is 5.69 Å². The van der Waals surface area contributed by atoms with Gasteiger partial charge in [0, 0.05) is 28.3 Å². The number of benzene rings is 2. The summed E-state index contributed by atoms with van der Waals surface area (Å²) in [5, 5.41) is 3.07. The minimum absolute atomic E-state index is 0.0533. The first-order chi connectivity index (χ1) is 12.2. The molecule has 1 unspecified atom stereocenters. The molecule has 4 heteroatoms. The Morgan fingerprint density at radius 3 is 2.92 bits per heavy atom. The van der Waals surface area contributed by atoms with Gasteiger partial charge in [0.15, 0.2) is 0 Å². The molecule has 2 aromatic rings. The van der Waals surface area contributed by atoms with Gasteiger partial charge in [0.1, 0.15) is 0 Å². The van der Waals surface area contributed by atoms with Gasteiger partial charge in [0.2, 0.25) is 0 Å². The van der Waals surface area contributed by atoms with Gasteiger partial charge in [0.05, 0.1) is 0 Å². The van der Waals surface area contributed by atoms with E-state index in [0.29, 0.717) is 11.6 Å². The zero-order valence-electron chi connectivity index (χ0n) is 14.5. The first kappa shape index (κ1) is 16.8. The van der Waals surface area contributed by atoms with Gasteiger partial charge in [-0.25, -0.2) is 0 Å². The molecule has 0 bridgehead atoms. The number of carbonyl (C=O) groups is 1. The maximum atomic E-state index is 12.6. The van der Waals surface area contributed by atoms with Crippen molar-refractivity contribution in [3.8, 4) is 0 Å². The van der Waals surface area contributed by atoms with Crippen LogP contribution in [0.5, 0.6) is 0 Å². The molecule has 1 fully saturated rings. The molecule has 0 saturated carbocycles. The molecule has 0 spiro atoms. The molecule has 0 aromatic heterocycles. The van der Waals surface area contributed by atoms with Crippen molar-refractivity contribution < 1.29 is 4.79 Å². The number of hydrogen-bond donors (Lipinski definition) is 1. The first-order valence-electron chi connectivity index (χ1n) is 9.12. The number of hydrogen-bond acceptors (Lipinski definition) is 2. The Morgan fingerprint density at radius 2 is 2.12 bits per heavy atom. The van der Waals surface area contributed by atoms with E-state index in [9.17, 15) is 4.79 Å². The number of anilines is 1. The molecule has 0 radical (unpaired) electrons. The molecule has 4 rings (SSSR count). The second-order valence-corrected chi connectivity index (χ2v) is 7.83. The highest BCUT2D eigenvalue weighted by atomic mass is 79.9. The minimum Gasteiger partial charge on any atom is -0.322 e. The van der Waals surface area contributed by atoms with Crippen molar-refractivity contribution in [2.75, 3.05) is 18.4 Å². The number of rotatable bonds is 3. The monoisotopic (exact) mass is 398 g/mol. The Morgan fingerprint density at radius 1 is 1.24 bits per heavy atom. The van der Waals surface area contributed by atoms with Crippen LogP contribution in [0.25, 0.3) is 0 Å². The van der Waals surface area contributed by atoms with Crippen LogP contribution in [-0.2, 0) is 12.8 Å². The molecule has 0 aliphatic carbocycles. The summed E-state index contributed by atoms with van der Waals surface area (Å²) in [5.41, 5.74) is 5.64. The van der Waals surface area contributed by atoms with E-state index in [0.717, 1.165) is 23.0 Å². The molecule has 1 atom stereocenters. The third kappa shape index (κ3) is 3.25. The fraction of sp³-hybridized carbons (Fsp3) is 0.381. The van der Waals surface area contributed by atoms with Gasteiger partial charge in [-0.2, -0.15) is 0 Å². The predicted octanol–water partition coefficient (Wildman–Crippen LogP) is 4.96. The lowest BCUT2D eigenvalue weighted by Crippen LogP contribution is -2.31. The Hall–Kier alpha value is -1.65. The van der Waals surface area contributed by atoms with Gasteiger partial charge in [-0.15, -0.1) is 0 Å². The maximum Gasteiger partial charge on any atom is 0.255 e. The summed E-state index contributed by atoms with van der Waals surface area (Å²) in [6, 6.07) is 12.8. The van der Waals surface area contributed by atoms with Crippen LogP contribution in [0.2, 0.25) is 0 Å². The van der Waals surface area contributed by atoms with Crippen molar-refractivity contribution in [2.24, 2.45) is 0 Å². The lowest BCUT2D eigenvalue weighted by Gasteiger charge is -2.32. The molecule has 130 valence electrons. The number of fused-ring (bicyclic) bond motifs is 3. The van der Waals surface area contributed by atoms with E-state index in [4.69, 9.17) is 0 Å². The number of carbonyl (C=O) groups excluding carboxylic acids is 1. The summed E-state index contributed by atoms with van der Waals surface area (Å²) in [6.07, 6.45) is 4.57. The zero-order valence-corrected chi connectivity index (χ0v) is 16.1. The standard InChI is InChI=1S/C21H23BrN2O/c1-2-14-5-6-16(12-19(14)22)21(25)23-17-8-7-15-9-11-24-10-3-4-20(24)18(15)13-17/h5-8,12-13,20H,2-4,9-11H2,1H3,(H,23,25). The molecule has 2 aromatic carbocycles. The zero-order chi connectivity index (χ0) is 17.4. The highest BCUT2D eigenvalue weighted by Gasteiger charge is 2.31. The second kappa shape index (κ2) is 6.93. The number of aryl methyl sites for hydroxylation is 1. The molecule has 3 nitrogen and oxygen atoms in total. The summed E-state index contributed by atoms with van der Waals surface area (Å²) >= 11 is 3.56. The van der Waals surface area contributed by atoms with Crippen LogP contribution >= 0.6 is 15.9 Å². The topological polar surface area (TPSA) is 32.3 Å². The van der Waals surface area contributed by atoms with E-state index < -0.39 is 0 Å². The summed E-state index contributed by atoms with van der Waals surface area (Å²) < 4.78 is 0.995. The van der Waals surface area contributed by atoms with Crippen molar-refractivity contribution in [3.63, 3.8) is 0 Å². The van der Waals surface area contributed by atoms with Gasteiger partial charge in [0.25, 0.3) is 5.91 Å². The maximum absolute atomic E-state index is 12.6. The lowest BCUT2D eigenvalue weighted by molar-refractivity contribution is 0.102. The molecule has 1 N–H and O–H groups in total.